The van der Waals surface area contributed by atoms with Crippen molar-refractivity contribution in [2.24, 2.45) is 0 Å². The van der Waals surface area contributed by atoms with Gasteiger partial charge in [0.2, 0.25) is 5.88 Å². The molecule has 0 N–H and O–H groups in total. The molecule has 0 saturated carbocycles. The molecule has 1 aromatic rings. The number of nitrogens with zero attached hydrogens (tertiary/aromatic N) is 2. The number of hydrogen-bond donors (Lipinski definition) is 0. The van der Waals surface area contributed by atoms with Crippen LogP contribution in [-0.2, 0) is 11.3 Å². The molecule has 2 aliphatic rings. The second-order valence-electron chi connectivity index (χ2n) is 4.34. The van der Waals surface area contributed by atoms with E-state index in [-0.39, 0.29) is 6.10 Å². The fourth-order valence-corrected chi connectivity index (χ4v) is 2.40. The molecule has 0 bridgehead atoms. The van der Waals surface area contributed by atoms with Crippen molar-refractivity contribution in [3.8, 4) is 5.88 Å². The summed E-state index contributed by atoms with van der Waals surface area (Å²) in [4.78, 5) is 0. The Morgan fingerprint density at radius 1 is 1.40 bits per heavy atom. The summed E-state index contributed by atoms with van der Waals surface area (Å²) in [6, 6.07) is 2.00. The Labute approximate surface area is 89.2 Å². The maximum Gasteiger partial charge on any atom is 0.212 e. The third-order valence-electron chi connectivity index (χ3n) is 3.14. The summed E-state index contributed by atoms with van der Waals surface area (Å²) in [7, 11) is 0. The van der Waals surface area contributed by atoms with E-state index < -0.39 is 0 Å². The monoisotopic (exact) mass is 208 g/mol. The predicted molar refractivity (Wildman–Crippen MR) is 55.0 cm³/mol. The lowest BCUT2D eigenvalue weighted by Crippen LogP contribution is -2.36. The maximum atomic E-state index is 5.91. The number of fused-ring (bicyclic) bond motifs is 1. The predicted octanol–water partition coefficient (Wildman–Crippen LogP) is 1.52. The fourth-order valence-electron chi connectivity index (χ4n) is 2.40. The fraction of sp³-hybridized carbons (Fsp3) is 0.727. The van der Waals surface area contributed by atoms with Gasteiger partial charge in [0.15, 0.2) is 0 Å². The molecule has 2 unspecified atom stereocenters. The molecule has 1 aromatic heterocycles. The average Bonchev–Trinajstić information content (AvgIpc) is 2.82. The molecule has 3 rings (SSSR count). The van der Waals surface area contributed by atoms with Gasteiger partial charge in [0.05, 0.1) is 11.8 Å². The van der Waals surface area contributed by atoms with E-state index in [2.05, 4.69) is 5.10 Å². The molecule has 2 atom stereocenters. The molecule has 2 aliphatic heterocycles. The Balaban J connectivity index is 1.76. The molecule has 0 radical (unpaired) electrons. The topological polar surface area (TPSA) is 36.3 Å². The zero-order valence-electron chi connectivity index (χ0n) is 8.98. The van der Waals surface area contributed by atoms with Gasteiger partial charge in [0, 0.05) is 25.6 Å². The van der Waals surface area contributed by atoms with Gasteiger partial charge in [-0.1, -0.05) is 0 Å². The van der Waals surface area contributed by atoms with Gasteiger partial charge in [-0.25, -0.2) is 4.68 Å². The van der Waals surface area contributed by atoms with E-state index in [4.69, 9.17) is 9.47 Å². The maximum absolute atomic E-state index is 5.91. The molecule has 3 heterocycles. The van der Waals surface area contributed by atoms with E-state index in [1.54, 1.807) is 0 Å². The largest absolute Gasteiger partial charge is 0.472 e. The lowest BCUT2D eigenvalue weighted by Gasteiger charge is -2.28. The molecule has 4 nitrogen and oxygen atoms in total. The van der Waals surface area contributed by atoms with Gasteiger partial charge in [-0.05, 0) is 19.8 Å². The Hall–Kier alpha value is -1.03. The van der Waals surface area contributed by atoms with Crippen molar-refractivity contribution in [1.82, 2.24) is 9.78 Å². The first kappa shape index (κ1) is 9.21. The highest BCUT2D eigenvalue weighted by atomic mass is 16.6. The Morgan fingerprint density at radius 2 is 2.33 bits per heavy atom. The number of ether oxygens (including phenoxy) is 2. The standard InChI is InChI=1S/C11H16N2O2/c1-8-7-11-13(12-8)5-4-10(15-11)9-3-2-6-14-9/h7,9-10H,2-6H2,1H3. The van der Waals surface area contributed by atoms with Crippen LogP contribution in [0.2, 0.25) is 0 Å². The highest BCUT2D eigenvalue weighted by molar-refractivity contribution is 5.16. The van der Waals surface area contributed by atoms with E-state index in [1.807, 2.05) is 17.7 Å². The van der Waals surface area contributed by atoms with Crippen LogP contribution in [-0.4, -0.2) is 28.6 Å². The molecular weight excluding hydrogens is 192 g/mol. The molecule has 0 spiro atoms. The van der Waals surface area contributed by atoms with E-state index in [9.17, 15) is 0 Å². The Kier molecular flexibility index (Phi) is 2.16. The van der Waals surface area contributed by atoms with Crippen LogP contribution in [0.15, 0.2) is 6.07 Å². The van der Waals surface area contributed by atoms with Gasteiger partial charge in [-0.3, -0.25) is 0 Å². The first-order chi connectivity index (χ1) is 7.33. The summed E-state index contributed by atoms with van der Waals surface area (Å²) in [5.41, 5.74) is 1.03. The van der Waals surface area contributed by atoms with Crippen LogP contribution in [0, 0.1) is 6.92 Å². The molecular formula is C11H16N2O2. The number of aromatic nitrogens is 2. The molecule has 4 heteroatoms. The second kappa shape index (κ2) is 3.52. The van der Waals surface area contributed by atoms with Gasteiger partial charge in [0.25, 0.3) is 0 Å². The first-order valence-electron chi connectivity index (χ1n) is 5.65. The van der Waals surface area contributed by atoms with Crippen LogP contribution >= 0.6 is 0 Å². The second-order valence-corrected chi connectivity index (χ2v) is 4.34. The molecule has 15 heavy (non-hydrogen) atoms. The van der Waals surface area contributed by atoms with E-state index in [0.29, 0.717) is 6.10 Å². The summed E-state index contributed by atoms with van der Waals surface area (Å²) in [6.45, 7) is 3.84. The zero-order chi connectivity index (χ0) is 10.3. The minimum atomic E-state index is 0.232. The summed E-state index contributed by atoms with van der Waals surface area (Å²) in [5.74, 6) is 0.902. The molecule has 1 saturated heterocycles. The Morgan fingerprint density at radius 3 is 3.13 bits per heavy atom. The van der Waals surface area contributed by atoms with Crippen molar-refractivity contribution in [3.63, 3.8) is 0 Å². The molecule has 0 amide bonds. The summed E-state index contributed by atoms with van der Waals surface area (Å²) >= 11 is 0. The highest BCUT2D eigenvalue weighted by Crippen LogP contribution is 2.27. The van der Waals surface area contributed by atoms with Crippen LogP contribution in [0.25, 0.3) is 0 Å². The summed E-state index contributed by atoms with van der Waals surface area (Å²) in [5, 5.41) is 4.36. The quantitative estimate of drug-likeness (QED) is 0.702. The average molecular weight is 208 g/mol. The zero-order valence-corrected chi connectivity index (χ0v) is 8.98. The molecule has 0 aromatic carbocycles. The minimum Gasteiger partial charge on any atom is -0.472 e. The molecule has 82 valence electrons. The smallest absolute Gasteiger partial charge is 0.212 e. The summed E-state index contributed by atoms with van der Waals surface area (Å²) < 4.78 is 13.5. The normalized spacial score (nSPS) is 29.9. The highest BCUT2D eigenvalue weighted by Gasteiger charge is 2.31. The Bertz CT molecular complexity index is 355. The SMILES string of the molecule is Cc1cc2n(n1)CCC(C1CCCO1)O2. The van der Waals surface area contributed by atoms with Crippen molar-refractivity contribution in [2.75, 3.05) is 6.61 Å². The van der Waals surface area contributed by atoms with Crippen molar-refractivity contribution >= 4 is 0 Å². The number of hydrogen-bond acceptors (Lipinski definition) is 3. The number of rotatable bonds is 1. The number of aryl methyl sites for hydroxylation is 2. The van der Waals surface area contributed by atoms with E-state index in [0.717, 1.165) is 37.6 Å². The van der Waals surface area contributed by atoms with Crippen LogP contribution < -0.4 is 4.74 Å². The summed E-state index contributed by atoms with van der Waals surface area (Å²) in [6.07, 6.45) is 3.85. The van der Waals surface area contributed by atoms with E-state index >= 15 is 0 Å². The van der Waals surface area contributed by atoms with Crippen LogP contribution in [0.5, 0.6) is 5.88 Å². The molecule has 0 aliphatic carbocycles. The van der Waals surface area contributed by atoms with Crippen LogP contribution in [0.1, 0.15) is 25.0 Å². The van der Waals surface area contributed by atoms with Gasteiger partial charge in [0.1, 0.15) is 6.10 Å². The first-order valence-corrected chi connectivity index (χ1v) is 5.65. The van der Waals surface area contributed by atoms with Crippen LogP contribution in [0.4, 0.5) is 0 Å². The lowest BCUT2D eigenvalue weighted by atomic mass is 10.1. The van der Waals surface area contributed by atoms with Gasteiger partial charge >= 0.3 is 0 Å². The van der Waals surface area contributed by atoms with Crippen molar-refractivity contribution < 1.29 is 9.47 Å². The third kappa shape index (κ3) is 1.63. The third-order valence-corrected chi connectivity index (χ3v) is 3.14. The van der Waals surface area contributed by atoms with Gasteiger partial charge in [-0.15, -0.1) is 0 Å². The van der Waals surface area contributed by atoms with Crippen LogP contribution in [0.3, 0.4) is 0 Å². The lowest BCUT2D eigenvalue weighted by molar-refractivity contribution is -0.00966. The molecule has 1 fully saturated rings. The van der Waals surface area contributed by atoms with Gasteiger partial charge < -0.3 is 9.47 Å². The minimum absolute atomic E-state index is 0.232. The van der Waals surface area contributed by atoms with E-state index in [1.165, 1.54) is 6.42 Å². The van der Waals surface area contributed by atoms with Gasteiger partial charge in [-0.2, -0.15) is 5.10 Å². The van der Waals surface area contributed by atoms with Crippen molar-refractivity contribution in [1.29, 1.82) is 0 Å². The van der Waals surface area contributed by atoms with Crippen molar-refractivity contribution in [3.05, 3.63) is 11.8 Å². The van der Waals surface area contributed by atoms with Crippen molar-refractivity contribution in [2.45, 2.75) is 44.9 Å².